The quantitative estimate of drug-likeness (QED) is 0.513. The van der Waals surface area contributed by atoms with Crippen LogP contribution in [0.25, 0.3) is 6.08 Å². The van der Waals surface area contributed by atoms with Crippen LogP contribution >= 0.6 is 31.9 Å². The molecule has 0 aliphatic carbocycles. The van der Waals surface area contributed by atoms with Crippen LogP contribution in [0.4, 0.5) is 0 Å². The van der Waals surface area contributed by atoms with Crippen LogP contribution in [0.1, 0.15) is 25.3 Å². The summed E-state index contributed by atoms with van der Waals surface area (Å²) in [6.07, 6.45) is 4.76. The molecule has 0 N–H and O–H groups in total. The molecular formula is C12H14Br2Se. The molecule has 0 aromatic heterocycles. The molecule has 1 aromatic rings. The number of unbranched alkanes of at least 4 members (excludes halogenated alkanes) is 1. The number of hydrogen-bond donors (Lipinski definition) is 0. The van der Waals surface area contributed by atoms with Gasteiger partial charge in [0.15, 0.2) is 0 Å². The zero-order valence-electron chi connectivity index (χ0n) is 8.67. The number of benzene rings is 1. The summed E-state index contributed by atoms with van der Waals surface area (Å²) in [5.41, 5.74) is 1.33. The van der Waals surface area contributed by atoms with Gasteiger partial charge in [0.05, 0.1) is 0 Å². The fourth-order valence-corrected chi connectivity index (χ4v) is 4.02. The van der Waals surface area contributed by atoms with Crippen LogP contribution in [0, 0.1) is 0 Å². The Morgan fingerprint density at radius 3 is 2.73 bits per heavy atom. The van der Waals surface area contributed by atoms with Crippen LogP contribution in [0.3, 0.4) is 0 Å². The van der Waals surface area contributed by atoms with Crippen LogP contribution in [0.2, 0.25) is 5.32 Å². The predicted molar refractivity (Wildman–Crippen MR) is 77.4 cm³/mol. The normalized spacial score (nSPS) is 10.1. The first-order valence-electron chi connectivity index (χ1n) is 4.98. The molecule has 1 aromatic carbocycles. The van der Waals surface area contributed by atoms with Gasteiger partial charge in [0.2, 0.25) is 0 Å². The van der Waals surface area contributed by atoms with Crippen LogP contribution in [-0.4, -0.2) is 15.0 Å². The van der Waals surface area contributed by atoms with E-state index in [0.717, 1.165) is 3.39 Å². The van der Waals surface area contributed by atoms with E-state index in [-0.39, 0.29) is 0 Å². The van der Waals surface area contributed by atoms with Gasteiger partial charge < -0.3 is 0 Å². The first-order valence-corrected chi connectivity index (χ1v) is 8.64. The number of rotatable bonds is 5. The molecule has 0 nitrogen and oxygen atoms in total. The van der Waals surface area contributed by atoms with E-state index in [1.807, 2.05) is 0 Å². The Kier molecular flexibility index (Phi) is 6.91. The predicted octanol–water partition coefficient (Wildman–Crippen LogP) is 4.32. The van der Waals surface area contributed by atoms with E-state index in [0.29, 0.717) is 15.0 Å². The first kappa shape index (κ1) is 13.5. The maximum atomic E-state index is 3.41. The molecule has 0 radical (unpaired) electrons. The third kappa shape index (κ3) is 5.35. The van der Waals surface area contributed by atoms with Gasteiger partial charge >= 0.3 is 116 Å². The van der Waals surface area contributed by atoms with Crippen LogP contribution < -0.4 is 4.46 Å². The van der Waals surface area contributed by atoms with Crippen molar-refractivity contribution < 1.29 is 0 Å². The van der Waals surface area contributed by atoms with Crippen molar-refractivity contribution in [1.29, 1.82) is 0 Å². The van der Waals surface area contributed by atoms with Gasteiger partial charge in [0.1, 0.15) is 0 Å². The second-order valence-electron chi connectivity index (χ2n) is 3.17. The van der Waals surface area contributed by atoms with Gasteiger partial charge in [-0.05, 0) is 0 Å². The van der Waals surface area contributed by atoms with Gasteiger partial charge in [-0.3, -0.25) is 0 Å². The molecule has 82 valence electrons. The zero-order valence-corrected chi connectivity index (χ0v) is 13.6. The number of hydrogen-bond acceptors (Lipinski definition) is 0. The molecule has 0 aliphatic heterocycles. The fourth-order valence-electron chi connectivity index (χ4n) is 1.18. The monoisotopic (exact) mass is 396 g/mol. The molecule has 0 bridgehead atoms. The summed E-state index contributed by atoms with van der Waals surface area (Å²) in [7, 11) is 0. The van der Waals surface area contributed by atoms with Gasteiger partial charge in [-0.1, -0.05) is 0 Å². The molecule has 15 heavy (non-hydrogen) atoms. The SMILES string of the molecule is CCCC[Se]c1ccccc1C=C(Br)Br. The van der Waals surface area contributed by atoms with Crippen molar-refractivity contribution in [3.05, 3.63) is 33.2 Å². The van der Waals surface area contributed by atoms with Gasteiger partial charge in [-0.25, -0.2) is 0 Å². The van der Waals surface area contributed by atoms with E-state index >= 15 is 0 Å². The zero-order chi connectivity index (χ0) is 11.1. The number of halogens is 2. The first-order chi connectivity index (χ1) is 7.24. The van der Waals surface area contributed by atoms with Crippen LogP contribution in [0.15, 0.2) is 27.7 Å². The Morgan fingerprint density at radius 2 is 2.07 bits per heavy atom. The Balaban J connectivity index is 2.73. The van der Waals surface area contributed by atoms with E-state index in [1.165, 1.54) is 28.2 Å². The molecule has 0 saturated heterocycles. The van der Waals surface area contributed by atoms with Crippen molar-refractivity contribution in [2.45, 2.75) is 25.1 Å². The van der Waals surface area contributed by atoms with Gasteiger partial charge in [0.25, 0.3) is 0 Å². The molecule has 0 spiro atoms. The molecule has 0 heterocycles. The minimum atomic E-state index is 0.610. The summed E-state index contributed by atoms with van der Waals surface area (Å²) in [5.74, 6) is 0. The Bertz CT molecular complexity index is 330. The Hall–Kier alpha value is 0.439. The molecule has 0 unspecified atom stereocenters. The topological polar surface area (TPSA) is 0 Å². The second-order valence-corrected chi connectivity index (χ2v) is 8.33. The van der Waals surface area contributed by atoms with E-state index in [9.17, 15) is 0 Å². The summed E-state index contributed by atoms with van der Waals surface area (Å²) >= 11 is 7.43. The second kappa shape index (κ2) is 7.67. The molecule has 0 saturated carbocycles. The Labute approximate surface area is 115 Å². The summed E-state index contributed by atoms with van der Waals surface area (Å²) < 4.78 is 2.50. The fraction of sp³-hybridized carbons (Fsp3) is 0.333. The summed E-state index contributed by atoms with van der Waals surface area (Å²) in [6, 6.07) is 8.63. The van der Waals surface area contributed by atoms with Gasteiger partial charge in [-0.15, -0.1) is 0 Å². The van der Waals surface area contributed by atoms with E-state index < -0.39 is 0 Å². The van der Waals surface area contributed by atoms with Gasteiger partial charge in [0, 0.05) is 0 Å². The van der Waals surface area contributed by atoms with Gasteiger partial charge in [-0.2, -0.15) is 0 Å². The van der Waals surface area contributed by atoms with Crippen molar-refractivity contribution in [2.75, 3.05) is 0 Å². The summed E-state index contributed by atoms with van der Waals surface area (Å²) in [4.78, 5) is 0. The van der Waals surface area contributed by atoms with E-state index in [4.69, 9.17) is 0 Å². The third-order valence-electron chi connectivity index (χ3n) is 1.94. The van der Waals surface area contributed by atoms with Crippen molar-refractivity contribution in [3.8, 4) is 0 Å². The van der Waals surface area contributed by atoms with Crippen LogP contribution in [-0.2, 0) is 0 Å². The summed E-state index contributed by atoms with van der Waals surface area (Å²) in [5, 5.41) is 1.34. The van der Waals surface area contributed by atoms with Crippen molar-refractivity contribution in [3.63, 3.8) is 0 Å². The summed E-state index contributed by atoms with van der Waals surface area (Å²) in [6.45, 7) is 2.25. The van der Waals surface area contributed by atoms with Crippen molar-refractivity contribution >= 4 is 57.4 Å². The standard InChI is InChI=1S/C12H14Br2Se/c1-2-3-8-15-11-7-5-4-6-10(11)9-12(13)14/h4-7,9H,2-3,8H2,1H3. The third-order valence-corrected chi connectivity index (χ3v) is 4.86. The van der Waals surface area contributed by atoms with Crippen molar-refractivity contribution in [2.24, 2.45) is 0 Å². The Morgan fingerprint density at radius 1 is 1.33 bits per heavy atom. The molecule has 0 amide bonds. The maximum absolute atomic E-state index is 3.41. The minimum absolute atomic E-state index is 0.610. The molecule has 0 atom stereocenters. The van der Waals surface area contributed by atoms with E-state index in [1.54, 1.807) is 0 Å². The molecule has 0 fully saturated rings. The van der Waals surface area contributed by atoms with Crippen LogP contribution in [0.5, 0.6) is 0 Å². The molecule has 0 aliphatic rings. The molecule has 1 rings (SSSR count). The van der Waals surface area contributed by atoms with E-state index in [2.05, 4.69) is 69.1 Å². The molecular weight excluding hydrogens is 383 g/mol. The average Bonchev–Trinajstić information content (AvgIpc) is 2.20. The molecule has 3 heteroatoms. The average molecular weight is 397 g/mol. The van der Waals surface area contributed by atoms with Crippen molar-refractivity contribution in [1.82, 2.24) is 0 Å².